The maximum Gasteiger partial charge on any atom is 0.185 e. The smallest absolute Gasteiger partial charge is 0.185 e. The van der Waals surface area contributed by atoms with Crippen LogP contribution in [0.1, 0.15) is 36.5 Å². The standard InChI is InChI=1S/C14H13ClFN3O/c1-14(2)6-11-13(12(20)7-14)17-18-19(11)8-3-4-10(16)9(15)5-8/h3-5H,6-7H2,1-2H3. The summed E-state index contributed by atoms with van der Waals surface area (Å²) < 4.78 is 14.8. The lowest BCUT2D eigenvalue weighted by Gasteiger charge is -2.27. The van der Waals surface area contributed by atoms with Gasteiger partial charge in [-0.25, -0.2) is 9.07 Å². The molecule has 1 aromatic carbocycles. The first-order chi connectivity index (χ1) is 9.37. The number of halogens is 2. The van der Waals surface area contributed by atoms with E-state index in [4.69, 9.17) is 11.6 Å². The molecule has 0 bridgehead atoms. The maximum atomic E-state index is 13.2. The van der Waals surface area contributed by atoms with Gasteiger partial charge in [0.2, 0.25) is 0 Å². The fourth-order valence-electron chi connectivity index (χ4n) is 2.54. The summed E-state index contributed by atoms with van der Waals surface area (Å²) in [5.74, 6) is -0.489. The van der Waals surface area contributed by atoms with Crippen LogP contribution in [0.25, 0.3) is 5.69 Å². The van der Waals surface area contributed by atoms with E-state index in [1.807, 2.05) is 13.8 Å². The van der Waals surface area contributed by atoms with Crippen LogP contribution in [0, 0.1) is 11.2 Å². The minimum absolute atomic E-state index is 0.00397. The van der Waals surface area contributed by atoms with Gasteiger partial charge in [0.1, 0.15) is 5.82 Å². The second-order valence-electron chi connectivity index (χ2n) is 5.84. The molecule has 0 spiro atoms. The van der Waals surface area contributed by atoms with Crippen molar-refractivity contribution in [2.75, 3.05) is 0 Å². The predicted octanol–water partition coefficient (Wildman–Crippen LogP) is 3.21. The van der Waals surface area contributed by atoms with E-state index >= 15 is 0 Å². The molecular weight excluding hydrogens is 281 g/mol. The molecule has 0 saturated heterocycles. The Hall–Kier alpha value is -1.75. The predicted molar refractivity (Wildman–Crippen MR) is 72.8 cm³/mol. The van der Waals surface area contributed by atoms with Crippen molar-refractivity contribution < 1.29 is 9.18 Å². The monoisotopic (exact) mass is 293 g/mol. The van der Waals surface area contributed by atoms with Crippen LogP contribution < -0.4 is 0 Å². The van der Waals surface area contributed by atoms with Crippen LogP contribution in [0.15, 0.2) is 18.2 Å². The Labute approximate surface area is 120 Å². The number of carbonyl (C=O) groups is 1. The first-order valence-electron chi connectivity index (χ1n) is 6.31. The van der Waals surface area contributed by atoms with Gasteiger partial charge in [-0.05, 0) is 30.0 Å². The summed E-state index contributed by atoms with van der Waals surface area (Å²) in [7, 11) is 0. The topological polar surface area (TPSA) is 47.8 Å². The van der Waals surface area contributed by atoms with Crippen LogP contribution in [-0.2, 0) is 6.42 Å². The molecule has 1 aromatic heterocycles. The van der Waals surface area contributed by atoms with Crippen molar-refractivity contribution in [2.45, 2.75) is 26.7 Å². The van der Waals surface area contributed by atoms with E-state index in [0.717, 1.165) is 5.69 Å². The molecule has 1 aliphatic rings. The van der Waals surface area contributed by atoms with Crippen LogP contribution in [0.3, 0.4) is 0 Å². The van der Waals surface area contributed by atoms with Gasteiger partial charge < -0.3 is 0 Å². The highest BCUT2D eigenvalue weighted by Crippen LogP contribution is 2.34. The minimum atomic E-state index is -0.485. The van der Waals surface area contributed by atoms with E-state index in [2.05, 4.69) is 10.3 Å². The first kappa shape index (κ1) is 13.2. The van der Waals surface area contributed by atoms with Gasteiger partial charge in [-0.15, -0.1) is 5.10 Å². The quantitative estimate of drug-likeness (QED) is 0.811. The normalized spacial score (nSPS) is 17.1. The molecule has 104 valence electrons. The zero-order valence-corrected chi connectivity index (χ0v) is 11.9. The summed E-state index contributed by atoms with van der Waals surface area (Å²) in [5, 5.41) is 8.00. The molecule has 3 rings (SSSR count). The van der Waals surface area contributed by atoms with E-state index < -0.39 is 5.82 Å². The van der Waals surface area contributed by atoms with Gasteiger partial charge in [-0.1, -0.05) is 30.7 Å². The third-order valence-corrected chi connectivity index (χ3v) is 3.75. The highest BCUT2D eigenvalue weighted by atomic mass is 35.5. The van der Waals surface area contributed by atoms with Gasteiger partial charge in [0.15, 0.2) is 11.5 Å². The Kier molecular flexibility index (Phi) is 2.90. The third kappa shape index (κ3) is 2.12. The second-order valence-corrected chi connectivity index (χ2v) is 6.24. The van der Waals surface area contributed by atoms with Crippen molar-refractivity contribution in [1.29, 1.82) is 0 Å². The van der Waals surface area contributed by atoms with E-state index in [9.17, 15) is 9.18 Å². The molecule has 1 heterocycles. The zero-order chi connectivity index (χ0) is 14.5. The van der Waals surface area contributed by atoms with E-state index in [-0.39, 0.29) is 16.2 Å². The van der Waals surface area contributed by atoms with Gasteiger partial charge in [-0.3, -0.25) is 4.79 Å². The highest BCUT2D eigenvalue weighted by molar-refractivity contribution is 6.30. The number of benzene rings is 1. The van der Waals surface area contributed by atoms with Gasteiger partial charge in [0, 0.05) is 6.42 Å². The number of fused-ring (bicyclic) bond motifs is 1. The minimum Gasteiger partial charge on any atom is -0.292 e. The van der Waals surface area contributed by atoms with Crippen LogP contribution in [0.5, 0.6) is 0 Å². The average molecular weight is 294 g/mol. The summed E-state index contributed by atoms with van der Waals surface area (Å²) in [6.45, 7) is 4.06. The van der Waals surface area contributed by atoms with Crippen molar-refractivity contribution in [3.63, 3.8) is 0 Å². The third-order valence-electron chi connectivity index (χ3n) is 3.46. The molecular formula is C14H13ClFN3O. The van der Waals surface area contributed by atoms with Crippen molar-refractivity contribution in [3.05, 3.63) is 40.4 Å². The number of aromatic nitrogens is 3. The number of rotatable bonds is 1. The number of ketones is 1. The molecule has 0 N–H and O–H groups in total. The number of nitrogens with zero attached hydrogens (tertiary/aromatic N) is 3. The van der Waals surface area contributed by atoms with Crippen molar-refractivity contribution >= 4 is 17.4 Å². The Morgan fingerprint density at radius 1 is 1.35 bits per heavy atom. The average Bonchev–Trinajstić information content (AvgIpc) is 2.75. The van der Waals surface area contributed by atoms with Crippen LogP contribution >= 0.6 is 11.6 Å². The Bertz CT molecular complexity index is 708. The summed E-state index contributed by atoms with van der Waals surface area (Å²) in [6.07, 6.45) is 1.15. The molecule has 1 aliphatic carbocycles. The lowest BCUT2D eigenvalue weighted by molar-refractivity contribution is 0.0905. The molecule has 4 nitrogen and oxygen atoms in total. The molecule has 0 saturated carbocycles. The van der Waals surface area contributed by atoms with Crippen LogP contribution in [0.2, 0.25) is 5.02 Å². The molecule has 20 heavy (non-hydrogen) atoms. The number of hydrogen-bond donors (Lipinski definition) is 0. The Morgan fingerprint density at radius 3 is 2.80 bits per heavy atom. The molecule has 6 heteroatoms. The summed E-state index contributed by atoms with van der Waals surface area (Å²) >= 11 is 5.80. The van der Waals surface area contributed by atoms with Gasteiger partial charge in [0.05, 0.1) is 16.4 Å². The fourth-order valence-corrected chi connectivity index (χ4v) is 2.71. The van der Waals surface area contributed by atoms with Gasteiger partial charge in [-0.2, -0.15) is 0 Å². The highest BCUT2D eigenvalue weighted by Gasteiger charge is 2.35. The van der Waals surface area contributed by atoms with E-state index in [1.54, 1.807) is 10.7 Å². The number of hydrogen-bond acceptors (Lipinski definition) is 3. The molecule has 0 unspecified atom stereocenters. The summed E-state index contributed by atoms with van der Waals surface area (Å²) in [6, 6.07) is 4.34. The molecule has 0 radical (unpaired) electrons. The van der Waals surface area contributed by atoms with Crippen molar-refractivity contribution in [3.8, 4) is 5.69 Å². The number of Topliss-reactive ketones (excluding diaryl/α,β-unsaturated/α-hetero) is 1. The second kappa shape index (κ2) is 4.38. The fraction of sp³-hybridized carbons (Fsp3) is 0.357. The van der Waals surface area contributed by atoms with Gasteiger partial charge >= 0.3 is 0 Å². The van der Waals surface area contributed by atoms with E-state index in [1.165, 1.54) is 12.1 Å². The Morgan fingerprint density at radius 2 is 2.10 bits per heavy atom. The van der Waals surface area contributed by atoms with Gasteiger partial charge in [0.25, 0.3) is 0 Å². The lowest BCUT2D eigenvalue weighted by atomic mass is 9.77. The summed E-state index contributed by atoms with van der Waals surface area (Å²) in [5.41, 5.74) is 1.64. The molecule has 0 amide bonds. The zero-order valence-electron chi connectivity index (χ0n) is 11.2. The Balaban J connectivity index is 2.13. The van der Waals surface area contributed by atoms with Crippen molar-refractivity contribution in [2.24, 2.45) is 5.41 Å². The molecule has 2 aromatic rings. The molecule has 0 fully saturated rings. The number of carbonyl (C=O) groups excluding carboxylic acids is 1. The van der Waals surface area contributed by atoms with E-state index in [0.29, 0.717) is 24.2 Å². The SMILES string of the molecule is CC1(C)CC(=O)c2nnn(-c3ccc(F)c(Cl)c3)c2C1. The lowest BCUT2D eigenvalue weighted by Crippen LogP contribution is -2.28. The molecule has 0 aliphatic heterocycles. The van der Waals surface area contributed by atoms with Crippen LogP contribution in [0.4, 0.5) is 4.39 Å². The maximum absolute atomic E-state index is 13.2. The largest absolute Gasteiger partial charge is 0.292 e. The van der Waals surface area contributed by atoms with Crippen LogP contribution in [-0.4, -0.2) is 20.8 Å². The first-order valence-corrected chi connectivity index (χ1v) is 6.68. The summed E-state index contributed by atoms with van der Waals surface area (Å²) in [4.78, 5) is 12.1. The van der Waals surface area contributed by atoms with Crippen molar-refractivity contribution in [1.82, 2.24) is 15.0 Å². The molecule has 0 atom stereocenters.